The van der Waals surface area contributed by atoms with Gasteiger partial charge in [0, 0.05) is 0 Å². The molecule has 2 aliphatic rings. The van der Waals surface area contributed by atoms with Crippen molar-refractivity contribution in [3.63, 3.8) is 0 Å². The summed E-state index contributed by atoms with van der Waals surface area (Å²) in [4.78, 5) is 0. The highest BCUT2D eigenvalue weighted by atomic mass is 19.2. The van der Waals surface area contributed by atoms with E-state index < -0.39 is 11.6 Å². The van der Waals surface area contributed by atoms with Crippen LogP contribution in [0.15, 0.2) is 30.3 Å². The first-order valence-corrected chi connectivity index (χ1v) is 13.9. The maximum atomic E-state index is 15.0. The van der Waals surface area contributed by atoms with Crippen LogP contribution in [-0.4, -0.2) is 6.61 Å². The first kappa shape index (κ1) is 26.1. The Labute approximate surface area is 209 Å². The highest BCUT2D eigenvalue weighted by Crippen LogP contribution is 2.41. The van der Waals surface area contributed by atoms with Crippen molar-refractivity contribution < 1.29 is 17.9 Å². The van der Waals surface area contributed by atoms with Gasteiger partial charge in [0.15, 0.2) is 23.2 Å². The Morgan fingerprint density at radius 3 is 2.03 bits per heavy atom. The molecule has 2 saturated carbocycles. The molecule has 2 aromatic rings. The fourth-order valence-corrected chi connectivity index (χ4v) is 6.47. The largest absolute Gasteiger partial charge is 0.491 e. The number of hydrogen-bond donors (Lipinski definition) is 0. The highest BCUT2D eigenvalue weighted by molar-refractivity contribution is 5.32. The molecule has 4 heteroatoms. The van der Waals surface area contributed by atoms with E-state index in [-0.39, 0.29) is 11.7 Å². The van der Waals surface area contributed by atoms with Crippen molar-refractivity contribution in [3.8, 4) is 5.75 Å². The number of rotatable bonds is 9. The molecule has 2 aromatic carbocycles. The maximum absolute atomic E-state index is 15.0. The molecule has 0 unspecified atom stereocenters. The summed E-state index contributed by atoms with van der Waals surface area (Å²) in [5.41, 5.74) is 2.14. The van der Waals surface area contributed by atoms with Crippen molar-refractivity contribution in [2.24, 2.45) is 11.8 Å². The number of ether oxygens (including phenoxy) is 1. The zero-order chi connectivity index (χ0) is 24.8. The van der Waals surface area contributed by atoms with Crippen LogP contribution in [-0.2, 0) is 6.42 Å². The molecule has 0 amide bonds. The second-order valence-corrected chi connectivity index (χ2v) is 10.8. The van der Waals surface area contributed by atoms with E-state index >= 15 is 0 Å². The second-order valence-electron chi connectivity index (χ2n) is 10.8. The van der Waals surface area contributed by atoms with Gasteiger partial charge in [-0.15, -0.1) is 0 Å². The van der Waals surface area contributed by atoms with Gasteiger partial charge in [-0.05, 0) is 124 Å². The molecule has 0 radical (unpaired) electrons. The van der Waals surface area contributed by atoms with Gasteiger partial charge in [0.1, 0.15) is 0 Å². The van der Waals surface area contributed by atoms with Crippen molar-refractivity contribution in [1.29, 1.82) is 0 Å². The number of hydrogen-bond acceptors (Lipinski definition) is 1. The Bertz CT molecular complexity index is 956. The minimum absolute atomic E-state index is 0.161. The van der Waals surface area contributed by atoms with Crippen LogP contribution in [0.25, 0.3) is 0 Å². The van der Waals surface area contributed by atoms with Gasteiger partial charge < -0.3 is 4.74 Å². The maximum Gasteiger partial charge on any atom is 0.165 e. The smallest absolute Gasteiger partial charge is 0.165 e. The lowest BCUT2D eigenvalue weighted by Gasteiger charge is -2.30. The van der Waals surface area contributed by atoms with Gasteiger partial charge in [0.05, 0.1) is 6.61 Å². The summed E-state index contributed by atoms with van der Waals surface area (Å²) in [5, 5.41) is 0. The average Bonchev–Trinajstić information content (AvgIpc) is 2.87. The molecular formula is C31H41F3O. The zero-order valence-electron chi connectivity index (χ0n) is 21.4. The van der Waals surface area contributed by atoms with Crippen LogP contribution in [0.3, 0.4) is 0 Å². The molecule has 0 aliphatic heterocycles. The fraction of sp³-hybridized carbons (Fsp3) is 0.613. The minimum atomic E-state index is -0.628. The summed E-state index contributed by atoms with van der Waals surface area (Å²) in [6, 6.07) is 9.02. The lowest BCUT2D eigenvalue weighted by atomic mass is 9.76. The van der Waals surface area contributed by atoms with E-state index in [9.17, 15) is 13.2 Å². The summed E-state index contributed by atoms with van der Waals surface area (Å²) in [6.45, 7) is 4.52. The van der Waals surface area contributed by atoms with Gasteiger partial charge in [-0.1, -0.05) is 38.0 Å². The van der Waals surface area contributed by atoms with Crippen LogP contribution in [0.5, 0.6) is 5.75 Å². The van der Waals surface area contributed by atoms with Gasteiger partial charge in [-0.3, -0.25) is 0 Å². The van der Waals surface area contributed by atoms with Gasteiger partial charge in [-0.25, -0.2) is 13.2 Å². The normalized spacial score (nSPS) is 24.9. The fourth-order valence-electron chi connectivity index (χ4n) is 6.47. The number of benzene rings is 2. The zero-order valence-corrected chi connectivity index (χ0v) is 21.4. The molecule has 2 fully saturated rings. The molecule has 0 saturated heterocycles. The highest BCUT2D eigenvalue weighted by Gasteiger charge is 2.27. The third kappa shape index (κ3) is 6.43. The third-order valence-corrected chi connectivity index (χ3v) is 8.57. The van der Waals surface area contributed by atoms with E-state index in [0.29, 0.717) is 41.7 Å². The van der Waals surface area contributed by atoms with Gasteiger partial charge >= 0.3 is 0 Å². The first-order chi connectivity index (χ1) is 17.0. The van der Waals surface area contributed by atoms with E-state index in [0.717, 1.165) is 69.3 Å². The lowest BCUT2D eigenvalue weighted by molar-refractivity contribution is 0.301. The summed E-state index contributed by atoms with van der Waals surface area (Å²) >= 11 is 0. The van der Waals surface area contributed by atoms with Crippen LogP contribution >= 0.6 is 0 Å². The van der Waals surface area contributed by atoms with Crippen molar-refractivity contribution in [2.45, 2.75) is 103 Å². The van der Waals surface area contributed by atoms with E-state index in [4.69, 9.17) is 4.74 Å². The molecule has 192 valence electrons. The van der Waals surface area contributed by atoms with Crippen LogP contribution in [0, 0.1) is 29.3 Å². The average molecular weight is 487 g/mol. The molecule has 35 heavy (non-hydrogen) atoms. The van der Waals surface area contributed by atoms with Crippen LogP contribution in [0.4, 0.5) is 13.2 Å². The van der Waals surface area contributed by atoms with Crippen LogP contribution in [0.2, 0.25) is 0 Å². The predicted octanol–water partition coefficient (Wildman–Crippen LogP) is 9.48. The lowest BCUT2D eigenvalue weighted by Crippen LogP contribution is -2.16. The molecule has 0 spiro atoms. The molecule has 0 aromatic heterocycles. The summed E-state index contributed by atoms with van der Waals surface area (Å²) in [7, 11) is 0. The van der Waals surface area contributed by atoms with Crippen LogP contribution in [0.1, 0.15) is 113 Å². The van der Waals surface area contributed by atoms with Crippen LogP contribution < -0.4 is 4.74 Å². The Hall–Kier alpha value is -1.97. The predicted molar refractivity (Wildman–Crippen MR) is 137 cm³/mol. The molecule has 4 rings (SSSR count). The van der Waals surface area contributed by atoms with E-state index in [1.807, 2.05) is 25.1 Å². The Morgan fingerprint density at radius 1 is 0.743 bits per heavy atom. The summed E-state index contributed by atoms with van der Waals surface area (Å²) in [6.07, 6.45) is 12.2. The molecule has 0 heterocycles. The number of halogens is 3. The Balaban J connectivity index is 1.28. The molecule has 0 N–H and O–H groups in total. The molecule has 0 atom stereocenters. The molecular weight excluding hydrogens is 445 g/mol. The standard InChI is InChI=1S/C31H41F3O/c1-3-5-21-8-13-24(14-9-21)27-18-16-25(30(33)31(27)34)15-10-22-6-11-23(12-7-22)26-17-19-29(35-4-2)28(32)20-26/h16-24H,3-15H2,1-2H3. The van der Waals surface area contributed by atoms with E-state index in [1.165, 1.54) is 12.8 Å². The molecule has 2 aliphatic carbocycles. The topological polar surface area (TPSA) is 9.23 Å². The van der Waals surface area contributed by atoms with Crippen molar-refractivity contribution >= 4 is 0 Å². The molecule has 1 nitrogen and oxygen atoms in total. The van der Waals surface area contributed by atoms with Crippen molar-refractivity contribution in [2.75, 3.05) is 6.61 Å². The summed E-state index contributed by atoms with van der Waals surface area (Å²) in [5.74, 6) is 0.573. The van der Waals surface area contributed by atoms with Gasteiger partial charge in [0.2, 0.25) is 0 Å². The van der Waals surface area contributed by atoms with E-state index in [2.05, 4.69) is 6.92 Å². The van der Waals surface area contributed by atoms with Gasteiger partial charge in [0.25, 0.3) is 0 Å². The quantitative estimate of drug-likeness (QED) is 0.343. The Kier molecular flexibility index (Phi) is 9.19. The van der Waals surface area contributed by atoms with Crippen molar-refractivity contribution in [1.82, 2.24) is 0 Å². The first-order valence-electron chi connectivity index (χ1n) is 13.9. The Morgan fingerprint density at radius 2 is 1.40 bits per heavy atom. The monoisotopic (exact) mass is 486 g/mol. The summed E-state index contributed by atoms with van der Waals surface area (Å²) < 4.78 is 49.5. The molecule has 0 bridgehead atoms. The van der Waals surface area contributed by atoms with E-state index in [1.54, 1.807) is 12.1 Å². The van der Waals surface area contributed by atoms with Crippen molar-refractivity contribution in [3.05, 3.63) is 64.5 Å². The minimum Gasteiger partial charge on any atom is -0.491 e. The second kappa shape index (κ2) is 12.3. The third-order valence-electron chi connectivity index (χ3n) is 8.57. The number of aryl methyl sites for hydroxylation is 1. The SMILES string of the molecule is CCCC1CCC(c2ccc(CCC3CCC(c4ccc(OCC)c(F)c4)CC3)c(F)c2F)CC1. The van der Waals surface area contributed by atoms with Gasteiger partial charge in [-0.2, -0.15) is 0 Å².